The van der Waals surface area contributed by atoms with E-state index in [1.807, 2.05) is 43.3 Å². The van der Waals surface area contributed by atoms with E-state index in [0.29, 0.717) is 38.8 Å². The molecule has 0 saturated carbocycles. The zero-order valence-corrected chi connectivity index (χ0v) is 22.7. The first kappa shape index (κ1) is 30.7. The van der Waals surface area contributed by atoms with Crippen LogP contribution in [0, 0.1) is 0 Å². The summed E-state index contributed by atoms with van der Waals surface area (Å²) in [7, 11) is -4.43. The number of hydrogen-bond donors (Lipinski definition) is 1. The van der Waals surface area contributed by atoms with E-state index in [9.17, 15) is 9.46 Å². The second-order valence-corrected chi connectivity index (χ2v) is 9.87. The normalized spacial score (nSPS) is 13.2. The van der Waals surface area contributed by atoms with Gasteiger partial charge in [0.15, 0.2) is 5.75 Å². The van der Waals surface area contributed by atoms with Crippen LogP contribution in [-0.4, -0.2) is 51.1 Å². The number of unbranched alkanes of at least 4 members (excludes halogenated alkanes) is 6. The molecule has 1 atom stereocenters. The highest BCUT2D eigenvalue weighted by Gasteiger charge is 2.25. The molecule has 36 heavy (non-hydrogen) atoms. The van der Waals surface area contributed by atoms with Crippen molar-refractivity contribution in [2.24, 2.45) is 0 Å². The largest absolute Gasteiger partial charge is 0.508 e. The third-order valence-corrected chi connectivity index (χ3v) is 6.43. The summed E-state index contributed by atoms with van der Waals surface area (Å²) in [6.07, 6.45) is 9.24. The fourth-order valence-corrected chi connectivity index (χ4v) is 4.27. The number of aryl methyl sites for hydroxylation is 1. The standard InChI is InChI=1S/C27H43O8P/c1-3-5-6-7-8-9-10-14-25-17-16-24-13-11-12-15-26(24)27(25)34-35-36(28,29)33-23-22-32-21-20-31-19-18-30-4-2/h11-13,15-17H,3-10,14,18-23H2,1-2H3,(H,28,29). The van der Waals surface area contributed by atoms with Gasteiger partial charge in [-0.15, -0.1) is 0 Å². The highest BCUT2D eigenvalue weighted by atomic mass is 31.2. The molecule has 2 rings (SSSR count). The quantitative estimate of drug-likeness (QED) is 0.0791. The summed E-state index contributed by atoms with van der Waals surface area (Å²) in [4.78, 5) is 15.5. The molecule has 1 N–H and O–H groups in total. The van der Waals surface area contributed by atoms with Crippen molar-refractivity contribution in [3.05, 3.63) is 42.0 Å². The van der Waals surface area contributed by atoms with Crippen molar-refractivity contribution in [2.75, 3.05) is 46.2 Å². The Balaban J connectivity index is 1.79. The highest BCUT2D eigenvalue weighted by molar-refractivity contribution is 7.47. The molecule has 0 spiro atoms. The Bertz CT molecular complexity index is 891. The number of fused-ring (bicyclic) bond motifs is 1. The summed E-state index contributed by atoms with van der Waals surface area (Å²) in [5, 5.41) is 1.79. The number of rotatable bonds is 22. The molecule has 9 heteroatoms. The Hall–Kier alpha value is -1.51. The summed E-state index contributed by atoms with van der Waals surface area (Å²) >= 11 is 0. The highest BCUT2D eigenvalue weighted by Crippen LogP contribution is 2.44. The van der Waals surface area contributed by atoms with Crippen LogP contribution in [0.4, 0.5) is 0 Å². The number of phosphoric ester groups is 1. The van der Waals surface area contributed by atoms with Crippen molar-refractivity contribution < 1.29 is 37.8 Å². The molecule has 0 radical (unpaired) electrons. The predicted molar refractivity (Wildman–Crippen MR) is 141 cm³/mol. The molecule has 0 fully saturated rings. The van der Waals surface area contributed by atoms with E-state index in [1.54, 1.807) is 0 Å². The molecule has 0 aromatic heterocycles. The van der Waals surface area contributed by atoms with Crippen molar-refractivity contribution in [3.63, 3.8) is 0 Å². The lowest BCUT2D eigenvalue weighted by molar-refractivity contribution is -0.128. The lowest BCUT2D eigenvalue weighted by Crippen LogP contribution is -2.12. The van der Waals surface area contributed by atoms with Gasteiger partial charge in [-0.3, -0.25) is 4.52 Å². The van der Waals surface area contributed by atoms with Crippen LogP contribution in [0.2, 0.25) is 0 Å². The topological polar surface area (TPSA) is 92.7 Å². The van der Waals surface area contributed by atoms with Crippen LogP contribution in [-0.2, 0) is 34.4 Å². The van der Waals surface area contributed by atoms with Crippen molar-refractivity contribution in [2.45, 2.75) is 65.2 Å². The second-order valence-electron chi connectivity index (χ2n) is 8.53. The monoisotopic (exact) mass is 526 g/mol. The Morgan fingerprint density at radius 3 is 2.11 bits per heavy atom. The van der Waals surface area contributed by atoms with Gasteiger partial charge in [0, 0.05) is 12.0 Å². The molecule has 0 amide bonds. The van der Waals surface area contributed by atoms with Gasteiger partial charge in [0.25, 0.3) is 0 Å². The van der Waals surface area contributed by atoms with Crippen LogP contribution >= 0.6 is 7.82 Å². The van der Waals surface area contributed by atoms with Gasteiger partial charge in [0.2, 0.25) is 0 Å². The van der Waals surface area contributed by atoms with Gasteiger partial charge in [0.1, 0.15) is 0 Å². The SMILES string of the molecule is CCCCCCCCCc1ccc2ccccc2c1OOP(=O)(O)OCCOCCOCCOCC. The molecule has 0 heterocycles. The number of benzene rings is 2. The third kappa shape index (κ3) is 12.6. The van der Waals surface area contributed by atoms with E-state index >= 15 is 0 Å². The van der Waals surface area contributed by atoms with E-state index in [4.69, 9.17) is 28.3 Å². The van der Waals surface area contributed by atoms with Gasteiger partial charge < -0.3 is 24.0 Å². The zero-order chi connectivity index (χ0) is 25.9. The number of hydrogen-bond acceptors (Lipinski definition) is 7. The Morgan fingerprint density at radius 2 is 1.39 bits per heavy atom. The first-order valence-corrected chi connectivity index (χ1v) is 14.6. The summed E-state index contributed by atoms with van der Waals surface area (Å²) in [5.74, 6) is 0.456. The maximum atomic E-state index is 12.3. The minimum Gasteiger partial charge on any atom is -0.379 e. The molecule has 2 aromatic carbocycles. The summed E-state index contributed by atoms with van der Waals surface area (Å²) < 4.78 is 38.1. The molecule has 0 bridgehead atoms. The molecule has 1 unspecified atom stereocenters. The van der Waals surface area contributed by atoms with Gasteiger partial charge >= 0.3 is 7.82 Å². The first-order valence-electron chi connectivity index (χ1n) is 13.1. The van der Waals surface area contributed by atoms with E-state index in [-0.39, 0.29) is 13.2 Å². The zero-order valence-electron chi connectivity index (χ0n) is 21.8. The lowest BCUT2D eigenvalue weighted by Gasteiger charge is -2.15. The van der Waals surface area contributed by atoms with Gasteiger partial charge in [0.05, 0.1) is 39.6 Å². The van der Waals surface area contributed by atoms with Crippen LogP contribution in [0.25, 0.3) is 10.8 Å². The average molecular weight is 527 g/mol. The Labute approximate surface area is 215 Å². The average Bonchev–Trinajstić information content (AvgIpc) is 2.88. The van der Waals surface area contributed by atoms with Crippen molar-refractivity contribution in [3.8, 4) is 5.75 Å². The van der Waals surface area contributed by atoms with E-state index in [2.05, 4.69) is 6.92 Å². The summed E-state index contributed by atoms with van der Waals surface area (Å²) in [6, 6.07) is 11.7. The van der Waals surface area contributed by atoms with Gasteiger partial charge in [-0.1, -0.05) is 86.5 Å². The van der Waals surface area contributed by atoms with Crippen molar-refractivity contribution >= 4 is 18.6 Å². The molecule has 0 aliphatic heterocycles. The van der Waals surface area contributed by atoms with E-state index < -0.39 is 7.82 Å². The molecule has 0 aliphatic carbocycles. The maximum Gasteiger partial charge on any atom is 0.508 e. The lowest BCUT2D eigenvalue weighted by atomic mass is 10.00. The first-order chi connectivity index (χ1) is 17.6. The van der Waals surface area contributed by atoms with Gasteiger partial charge in [-0.25, -0.2) is 4.57 Å². The minimum absolute atomic E-state index is 0.115. The van der Waals surface area contributed by atoms with Crippen LogP contribution in [0.1, 0.15) is 64.4 Å². The summed E-state index contributed by atoms with van der Waals surface area (Å²) in [5.41, 5.74) is 0.940. The maximum absolute atomic E-state index is 12.3. The molecular weight excluding hydrogens is 483 g/mol. The van der Waals surface area contributed by atoms with Crippen LogP contribution in [0.15, 0.2) is 36.4 Å². The number of ether oxygens (including phenoxy) is 3. The molecule has 0 saturated heterocycles. The van der Waals surface area contributed by atoms with Gasteiger partial charge in [-0.2, -0.15) is 0 Å². The fourth-order valence-electron chi connectivity index (χ4n) is 3.76. The Kier molecular flexibility index (Phi) is 15.9. The fraction of sp³-hybridized carbons (Fsp3) is 0.630. The van der Waals surface area contributed by atoms with Crippen molar-refractivity contribution in [1.29, 1.82) is 0 Å². The Morgan fingerprint density at radius 1 is 0.750 bits per heavy atom. The van der Waals surface area contributed by atoms with Crippen LogP contribution in [0.3, 0.4) is 0 Å². The summed E-state index contributed by atoms with van der Waals surface area (Å²) in [6.45, 7) is 6.61. The van der Waals surface area contributed by atoms with E-state index in [0.717, 1.165) is 35.6 Å². The van der Waals surface area contributed by atoms with Crippen LogP contribution < -0.4 is 4.89 Å². The third-order valence-electron chi connectivity index (χ3n) is 5.66. The second kappa shape index (κ2) is 18.7. The predicted octanol–water partition coefficient (Wildman–Crippen LogP) is 6.63. The molecule has 0 aliphatic rings. The molecule has 8 nitrogen and oxygen atoms in total. The van der Waals surface area contributed by atoms with Crippen LogP contribution in [0.5, 0.6) is 5.75 Å². The number of phosphoric acid groups is 1. The minimum atomic E-state index is -4.43. The molecule has 204 valence electrons. The van der Waals surface area contributed by atoms with Gasteiger partial charge in [-0.05, 0) is 30.7 Å². The smallest absolute Gasteiger partial charge is 0.379 e. The molecule has 2 aromatic rings. The van der Waals surface area contributed by atoms with Crippen molar-refractivity contribution in [1.82, 2.24) is 0 Å². The van der Waals surface area contributed by atoms with E-state index in [1.165, 1.54) is 32.1 Å². The molecular formula is C27H43O8P.